The monoisotopic (exact) mass is 342 g/mol. The van der Waals surface area contributed by atoms with Gasteiger partial charge in [-0.2, -0.15) is 0 Å². The maximum atomic E-state index is 12.8. The van der Waals surface area contributed by atoms with Crippen LogP contribution in [0.2, 0.25) is 0 Å². The summed E-state index contributed by atoms with van der Waals surface area (Å²) in [6.45, 7) is 1.89. The first kappa shape index (κ1) is 16.2. The van der Waals surface area contributed by atoms with Crippen LogP contribution < -0.4 is 5.32 Å². The zero-order valence-corrected chi connectivity index (χ0v) is 13.7. The number of hydrogen-bond donors (Lipinski definition) is 1. The molecule has 5 nitrogen and oxygen atoms in total. The third-order valence-corrected chi connectivity index (χ3v) is 4.07. The molecule has 1 aromatic heterocycles. The number of aromatic nitrogens is 1. The number of nitrogens with one attached hydrogen (secondary N) is 1. The lowest BCUT2D eigenvalue weighted by atomic mass is 9.93. The highest BCUT2D eigenvalue weighted by molar-refractivity contribution is 6.52. The molecule has 122 valence electrons. The van der Waals surface area contributed by atoms with Crippen LogP contribution in [0.1, 0.15) is 23.0 Å². The third kappa shape index (κ3) is 2.90. The Hall–Kier alpha value is -2.66. The zero-order valence-electron chi connectivity index (χ0n) is 13.0. The molecule has 1 N–H and O–H groups in total. The number of benzene rings is 1. The normalized spacial score (nSPS) is 16.2. The maximum absolute atomic E-state index is 12.8. The Balaban J connectivity index is 2.09. The summed E-state index contributed by atoms with van der Waals surface area (Å²) in [6.07, 6.45) is 1.53. The van der Waals surface area contributed by atoms with E-state index < -0.39 is 12.0 Å². The van der Waals surface area contributed by atoms with Gasteiger partial charge >= 0.3 is 5.97 Å². The molecule has 3 rings (SSSR count). The van der Waals surface area contributed by atoms with Gasteiger partial charge in [-0.05, 0) is 25.1 Å². The minimum Gasteiger partial charge on any atom is -0.463 e. The van der Waals surface area contributed by atoms with Crippen molar-refractivity contribution in [2.24, 2.45) is 0 Å². The van der Waals surface area contributed by atoms with Crippen molar-refractivity contribution in [2.45, 2.75) is 13.0 Å². The number of carbonyl (C=O) groups is 2. The first-order valence-corrected chi connectivity index (χ1v) is 7.89. The van der Waals surface area contributed by atoms with Crippen molar-refractivity contribution in [3.8, 4) is 0 Å². The number of nitrogens with zero attached hydrogens (tertiary/aromatic N) is 1. The Kier molecular flexibility index (Phi) is 4.62. The molecule has 2 aromatic rings. The summed E-state index contributed by atoms with van der Waals surface area (Å²) in [7, 11) is 0. The van der Waals surface area contributed by atoms with E-state index in [1.54, 1.807) is 37.3 Å². The molecule has 1 aliphatic rings. The van der Waals surface area contributed by atoms with E-state index in [9.17, 15) is 9.59 Å². The molecule has 0 saturated carbocycles. The number of fused-ring (bicyclic) bond motifs is 1. The lowest BCUT2D eigenvalue weighted by Gasteiger charge is -2.27. The quantitative estimate of drug-likeness (QED) is 0.682. The van der Waals surface area contributed by atoms with E-state index in [0.717, 1.165) is 0 Å². The summed E-state index contributed by atoms with van der Waals surface area (Å²) in [5.74, 6) is -0.954. The van der Waals surface area contributed by atoms with E-state index in [2.05, 4.69) is 10.3 Å². The standard InChI is InChI=1S/C18H15ClN2O3/c1-2-24-18(23)14-15(19)11-7-3-4-8-12(11)21-16(14)17(22)13-9-5-6-10-20-13/h3-10,16,21H,2H2,1H3. The summed E-state index contributed by atoms with van der Waals surface area (Å²) in [5, 5.41) is 3.30. The predicted molar refractivity (Wildman–Crippen MR) is 91.8 cm³/mol. The summed E-state index contributed by atoms with van der Waals surface area (Å²) in [6, 6.07) is 11.3. The number of ketones is 1. The van der Waals surface area contributed by atoms with Gasteiger partial charge < -0.3 is 10.1 Å². The summed E-state index contributed by atoms with van der Waals surface area (Å²) in [5.41, 5.74) is 1.70. The maximum Gasteiger partial charge on any atom is 0.338 e. The molecule has 1 aliphatic heterocycles. The number of para-hydroxylation sites is 1. The summed E-state index contributed by atoms with van der Waals surface area (Å²) in [4.78, 5) is 29.3. The number of Topliss-reactive ketones (excluding diaryl/α,β-unsaturated/α-hetero) is 1. The first-order chi connectivity index (χ1) is 11.6. The third-order valence-electron chi connectivity index (χ3n) is 3.66. The molecule has 1 unspecified atom stereocenters. The van der Waals surface area contributed by atoms with Gasteiger partial charge in [0.1, 0.15) is 11.7 Å². The van der Waals surface area contributed by atoms with Crippen molar-refractivity contribution in [2.75, 3.05) is 11.9 Å². The molecule has 0 saturated heterocycles. The molecule has 2 heterocycles. The number of carbonyl (C=O) groups excluding carboxylic acids is 2. The molecule has 0 radical (unpaired) electrons. The van der Waals surface area contributed by atoms with Gasteiger partial charge in [-0.25, -0.2) is 4.79 Å². The molecule has 1 atom stereocenters. The van der Waals surface area contributed by atoms with Gasteiger partial charge in [-0.1, -0.05) is 35.9 Å². The summed E-state index contributed by atoms with van der Waals surface area (Å²) >= 11 is 6.44. The minimum atomic E-state index is -0.943. The average Bonchev–Trinajstić information content (AvgIpc) is 2.62. The molecule has 0 aliphatic carbocycles. The van der Waals surface area contributed by atoms with Crippen LogP contribution in [0.15, 0.2) is 54.2 Å². The Morgan fingerprint density at radius 2 is 1.96 bits per heavy atom. The number of hydrogen-bond acceptors (Lipinski definition) is 5. The average molecular weight is 343 g/mol. The minimum absolute atomic E-state index is 0.105. The van der Waals surface area contributed by atoms with Crippen molar-refractivity contribution in [3.63, 3.8) is 0 Å². The molecule has 0 fully saturated rings. The van der Waals surface area contributed by atoms with Crippen LogP contribution in [0.3, 0.4) is 0 Å². The molecular formula is C18H15ClN2O3. The fourth-order valence-corrected chi connectivity index (χ4v) is 2.92. The van der Waals surface area contributed by atoms with Crippen LogP contribution >= 0.6 is 11.6 Å². The number of rotatable bonds is 4. The highest BCUT2D eigenvalue weighted by Crippen LogP contribution is 2.37. The van der Waals surface area contributed by atoms with Crippen LogP contribution in [-0.2, 0) is 9.53 Å². The predicted octanol–water partition coefficient (Wildman–Crippen LogP) is 3.27. The van der Waals surface area contributed by atoms with Crippen LogP contribution in [-0.4, -0.2) is 29.4 Å². The molecule has 6 heteroatoms. The zero-order chi connectivity index (χ0) is 17.1. The Labute approximate surface area is 144 Å². The van der Waals surface area contributed by atoms with Gasteiger partial charge in [-0.15, -0.1) is 0 Å². The Bertz CT molecular complexity index is 818. The van der Waals surface area contributed by atoms with E-state index in [4.69, 9.17) is 16.3 Å². The van der Waals surface area contributed by atoms with Crippen molar-refractivity contribution < 1.29 is 14.3 Å². The van der Waals surface area contributed by atoms with E-state index in [1.807, 2.05) is 12.1 Å². The highest BCUT2D eigenvalue weighted by Gasteiger charge is 2.36. The van der Waals surface area contributed by atoms with Gasteiger partial charge in [-0.3, -0.25) is 9.78 Å². The number of pyridine rings is 1. The second-order valence-corrected chi connectivity index (χ2v) is 5.53. The Morgan fingerprint density at radius 3 is 2.67 bits per heavy atom. The second kappa shape index (κ2) is 6.84. The van der Waals surface area contributed by atoms with Gasteiger partial charge in [0.15, 0.2) is 0 Å². The largest absolute Gasteiger partial charge is 0.463 e. The smallest absolute Gasteiger partial charge is 0.338 e. The number of halogens is 1. The van der Waals surface area contributed by atoms with Gasteiger partial charge in [0.05, 0.1) is 17.2 Å². The van der Waals surface area contributed by atoms with Crippen molar-refractivity contribution in [1.82, 2.24) is 4.98 Å². The summed E-state index contributed by atoms with van der Waals surface area (Å²) < 4.78 is 5.09. The molecule has 0 bridgehead atoms. The van der Waals surface area contributed by atoms with Crippen molar-refractivity contribution in [1.29, 1.82) is 0 Å². The fraction of sp³-hybridized carbons (Fsp3) is 0.167. The number of ether oxygens (including phenoxy) is 1. The fourth-order valence-electron chi connectivity index (χ4n) is 2.57. The first-order valence-electron chi connectivity index (χ1n) is 7.51. The molecule has 24 heavy (non-hydrogen) atoms. The van der Waals surface area contributed by atoms with E-state index >= 15 is 0 Å². The molecule has 0 amide bonds. The Morgan fingerprint density at radius 1 is 1.21 bits per heavy atom. The van der Waals surface area contributed by atoms with Crippen molar-refractivity contribution >= 4 is 34.1 Å². The van der Waals surface area contributed by atoms with E-state index in [-0.39, 0.29) is 28.7 Å². The van der Waals surface area contributed by atoms with E-state index in [1.165, 1.54) is 6.20 Å². The van der Waals surface area contributed by atoms with Crippen LogP contribution in [0, 0.1) is 0 Å². The number of anilines is 1. The topological polar surface area (TPSA) is 68.3 Å². The van der Waals surface area contributed by atoms with Gasteiger partial charge in [0.2, 0.25) is 5.78 Å². The molecule has 0 spiro atoms. The van der Waals surface area contributed by atoms with Crippen LogP contribution in [0.4, 0.5) is 5.69 Å². The van der Waals surface area contributed by atoms with Crippen LogP contribution in [0.5, 0.6) is 0 Å². The van der Waals surface area contributed by atoms with Gasteiger partial charge in [0, 0.05) is 17.4 Å². The highest BCUT2D eigenvalue weighted by atomic mass is 35.5. The number of esters is 1. The van der Waals surface area contributed by atoms with Crippen molar-refractivity contribution in [3.05, 3.63) is 65.5 Å². The lowest BCUT2D eigenvalue weighted by molar-refractivity contribution is -0.138. The second-order valence-electron chi connectivity index (χ2n) is 5.15. The lowest BCUT2D eigenvalue weighted by Crippen LogP contribution is -2.38. The SMILES string of the molecule is CCOC(=O)C1=C(Cl)c2ccccc2NC1C(=O)c1ccccn1. The molecule has 1 aromatic carbocycles. The van der Waals surface area contributed by atoms with Crippen LogP contribution in [0.25, 0.3) is 5.03 Å². The molecular weight excluding hydrogens is 328 g/mol. The van der Waals surface area contributed by atoms with E-state index in [0.29, 0.717) is 11.3 Å². The van der Waals surface area contributed by atoms with Gasteiger partial charge in [0.25, 0.3) is 0 Å².